The van der Waals surface area contributed by atoms with Crippen molar-refractivity contribution >= 4 is 89.2 Å². The normalized spacial score (nSPS) is 14.3. The molecule has 0 radical (unpaired) electrons. The van der Waals surface area contributed by atoms with Crippen LogP contribution in [0.5, 0.6) is 5.75 Å². The average molecular weight is 1160 g/mol. The van der Waals surface area contributed by atoms with E-state index >= 15 is 0 Å². The maximum absolute atomic E-state index is 14.2. The van der Waals surface area contributed by atoms with Crippen LogP contribution in [0.2, 0.25) is 0 Å². The minimum atomic E-state index is -1.67. The number of phenols is 1. The van der Waals surface area contributed by atoms with Crippen molar-refractivity contribution in [1.29, 1.82) is 0 Å². The number of amides is 9. The molecular formula is C56H78N12O11S2. The van der Waals surface area contributed by atoms with Crippen LogP contribution in [0.4, 0.5) is 0 Å². The zero-order chi connectivity index (χ0) is 59.6. The van der Waals surface area contributed by atoms with E-state index in [2.05, 4.69) is 67.8 Å². The summed E-state index contributed by atoms with van der Waals surface area (Å²) in [6, 6.07) is 17.1. The highest BCUT2D eigenvalue weighted by Crippen LogP contribution is 2.21. The van der Waals surface area contributed by atoms with Gasteiger partial charge in [-0.05, 0) is 111 Å². The van der Waals surface area contributed by atoms with Crippen LogP contribution in [0.1, 0.15) is 69.1 Å². The molecular weight excluding hydrogens is 1080 g/mol. The molecule has 4 rings (SSSR count). The van der Waals surface area contributed by atoms with E-state index < -0.39 is 119 Å². The number of unbranched alkanes of at least 4 members (excludes halogenated alkanes) is 2. The molecule has 18 N–H and O–H groups in total. The number of aliphatic hydroxyl groups is 1. The second-order valence-corrected chi connectivity index (χ2v) is 21.6. The number of fused-ring (bicyclic) bond motifs is 1. The largest absolute Gasteiger partial charge is 0.508 e. The molecule has 440 valence electrons. The smallest absolute Gasteiger partial charge is 0.245 e. The fraction of sp³-hybridized carbons (Fsp3) is 0.446. The molecule has 4 aromatic rings. The molecule has 23 nitrogen and oxygen atoms in total. The molecule has 81 heavy (non-hydrogen) atoms. The Morgan fingerprint density at radius 1 is 0.531 bits per heavy atom. The Balaban J connectivity index is 1.48. The number of carbonyl (C=O) groups is 9. The first-order chi connectivity index (χ1) is 38.6. The molecule has 0 unspecified atom stereocenters. The minimum absolute atomic E-state index is 0.0310. The predicted octanol–water partition coefficient (Wildman–Crippen LogP) is -1.22. The lowest BCUT2D eigenvalue weighted by atomic mass is 9.98. The number of nitrogens with one attached hydrogen (secondary N) is 8. The molecule has 0 aromatic heterocycles. The van der Waals surface area contributed by atoms with Crippen LogP contribution < -0.4 is 65.5 Å². The van der Waals surface area contributed by atoms with Gasteiger partial charge < -0.3 is 75.7 Å². The third-order valence-corrected chi connectivity index (χ3v) is 13.7. The predicted molar refractivity (Wildman–Crippen MR) is 313 cm³/mol. The van der Waals surface area contributed by atoms with Crippen LogP contribution >= 0.6 is 25.3 Å². The summed E-state index contributed by atoms with van der Waals surface area (Å²) >= 11 is 8.88. The number of aliphatic hydroxyl groups excluding tert-OH is 1. The summed E-state index contributed by atoms with van der Waals surface area (Å²) in [6.45, 7) is 2.13. The van der Waals surface area contributed by atoms with Gasteiger partial charge in [0.2, 0.25) is 53.2 Å². The van der Waals surface area contributed by atoms with E-state index in [0.29, 0.717) is 55.5 Å². The van der Waals surface area contributed by atoms with Gasteiger partial charge in [-0.25, -0.2) is 0 Å². The van der Waals surface area contributed by atoms with Crippen molar-refractivity contribution in [3.63, 3.8) is 0 Å². The number of nitrogens with two attached hydrogens (primary N) is 4. The van der Waals surface area contributed by atoms with Gasteiger partial charge in [0.25, 0.3) is 0 Å². The molecule has 0 saturated carbocycles. The van der Waals surface area contributed by atoms with E-state index in [9.17, 15) is 53.4 Å². The second kappa shape index (κ2) is 33.5. The van der Waals surface area contributed by atoms with Gasteiger partial charge in [-0.15, -0.1) is 0 Å². The van der Waals surface area contributed by atoms with E-state index in [0.717, 1.165) is 10.8 Å². The summed E-state index contributed by atoms with van der Waals surface area (Å²) < 4.78 is -1.21. The molecule has 9 amide bonds. The Labute approximate surface area is 482 Å². The van der Waals surface area contributed by atoms with Crippen LogP contribution in [-0.2, 0) is 62.4 Å². The maximum Gasteiger partial charge on any atom is 0.245 e. The first-order valence-corrected chi connectivity index (χ1v) is 27.7. The van der Waals surface area contributed by atoms with Gasteiger partial charge in [0, 0.05) is 23.3 Å². The Morgan fingerprint density at radius 2 is 1.02 bits per heavy atom. The molecule has 25 heteroatoms. The fourth-order valence-electron chi connectivity index (χ4n) is 8.47. The van der Waals surface area contributed by atoms with E-state index in [4.69, 9.17) is 22.9 Å². The zero-order valence-corrected chi connectivity index (χ0v) is 47.3. The molecule has 4 aromatic carbocycles. The van der Waals surface area contributed by atoms with Crippen molar-refractivity contribution in [1.82, 2.24) is 42.5 Å². The molecule has 0 aliphatic rings. The summed E-state index contributed by atoms with van der Waals surface area (Å²) in [5.41, 5.74) is 24.9. The lowest BCUT2D eigenvalue weighted by Gasteiger charge is -2.32. The number of primary amides is 1. The Morgan fingerprint density at radius 3 is 1.63 bits per heavy atom. The quantitative estimate of drug-likeness (QED) is 0.0193. The van der Waals surface area contributed by atoms with Crippen molar-refractivity contribution in [2.24, 2.45) is 22.9 Å². The van der Waals surface area contributed by atoms with Gasteiger partial charge in [-0.1, -0.05) is 84.9 Å². The van der Waals surface area contributed by atoms with Crippen molar-refractivity contribution < 1.29 is 53.4 Å². The van der Waals surface area contributed by atoms with E-state index in [1.54, 1.807) is 62.4 Å². The van der Waals surface area contributed by atoms with Crippen LogP contribution in [0, 0.1) is 0 Å². The molecule has 0 saturated heterocycles. The van der Waals surface area contributed by atoms with Crippen molar-refractivity contribution in [2.75, 3.05) is 32.0 Å². The van der Waals surface area contributed by atoms with Gasteiger partial charge in [-0.2, -0.15) is 25.3 Å². The highest BCUT2D eigenvalue weighted by atomic mass is 32.1. The van der Waals surface area contributed by atoms with Gasteiger partial charge >= 0.3 is 0 Å². The molecule has 0 heterocycles. The number of benzene rings is 4. The van der Waals surface area contributed by atoms with Gasteiger partial charge in [0.15, 0.2) is 0 Å². The third-order valence-electron chi connectivity index (χ3n) is 13.0. The highest BCUT2D eigenvalue weighted by molar-refractivity contribution is 7.81. The van der Waals surface area contributed by atoms with Gasteiger partial charge in [0.1, 0.15) is 48.0 Å². The van der Waals surface area contributed by atoms with E-state index in [-0.39, 0.29) is 43.6 Å². The number of hydrogen-bond donors (Lipinski definition) is 16. The van der Waals surface area contributed by atoms with Crippen LogP contribution in [0.25, 0.3) is 10.8 Å². The molecule has 0 bridgehead atoms. The SMILES string of the molecule is CC(C)(S)[C@@H](NC(=O)[C@@H](N)Cc1ccc(O)cc1)C(=O)N[C@@H](Cc1ccc2ccccc2c1)C(=O)NCC(=O)N[C@@H](CO)C(=O)N[C@@H](Cc1ccccc1)C(=O)N[C@@H](CS)C(=O)N[C@@H](CCCCN)C(=O)N[C@@H](CCCCN)C(N)=O. The monoisotopic (exact) mass is 1160 g/mol. The standard InChI is InChI=1S/C56H78N12O11S2/c1-56(2,81)47(68-49(73)39(59)27-34-19-22-38(70)23-20-34)55(79)66-42(29-35-18-21-36-14-6-7-15-37(36)26-35)50(74)61-30-46(71)62-44(31-69)53(77)65-43(28-33-12-4-3-5-13-33)52(76)67-45(32-80)54(78)64-41(17-9-11-25-58)51(75)63-40(48(60)72)16-8-10-24-57/h3-7,12-15,18-23,26,39-45,47,69-70,80-81H,8-11,16-17,24-25,27-32,57-59H2,1-2H3,(H2,60,72)(H,61,74)(H,62,71)(H,63,75)(H,64,78)(H,65,77)(H,66,79)(H,67,76)(H,68,73)/t39-,40-,41-,42-,43-,44-,45-,47-/m0/s1. The van der Waals surface area contributed by atoms with Crippen LogP contribution in [0.15, 0.2) is 97.1 Å². The van der Waals surface area contributed by atoms with Crippen LogP contribution in [0.3, 0.4) is 0 Å². The number of rotatable bonds is 34. The summed E-state index contributed by atoms with van der Waals surface area (Å²) in [5, 5.41) is 42.4. The molecule has 0 spiro atoms. The summed E-state index contributed by atoms with van der Waals surface area (Å²) in [6.07, 6.45) is 2.24. The number of thiol groups is 2. The van der Waals surface area contributed by atoms with Gasteiger partial charge in [0.05, 0.1) is 19.2 Å². The van der Waals surface area contributed by atoms with Crippen molar-refractivity contribution in [2.45, 2.75) is 125 Å². The van der Waals surface area contributed by atoms with E-state index in [1.807, 2.05) is 36.4 Å². The number of phenolic OH excluding ortho intramolecular Hbond substituents is 1. The molecule has 0 fully saturated rings. The first-order valence-electron chi connectivity index (χ1n) is 26.6. The minimum Gasteiger partial charge on any atom is -0.508 e. The lowest BCUT2D eigenvalue weighted by Crippen LogP contribution is -2.62. The Hall–Kier alpha value is -7.29. The molecule has 0 aliphatic heterocycles. The van der Waals surface area contributed by atoms with Crippen molar-refractivity contribution in [3.8, 4) is 5.75 Å². The van der Waals surface area contributed by atoms with Crippen molar-refractivity contribution in [3.05, 3.63) is 114 Å². The third kappa shape index (κ3) is 22.3. The number of hydrogen-bond acceptors (Lipinski definition) is 16. The molecule has 0 aliphatic carbocycles. The molecule has 8 atom stereocenters. The number of carbonyl (C=O) groups excluding carboxylic acids is 9. The Kier molecular flexibility index (Phi) is 27.4. The zero-order valence-electron chi connectivity index (χ0n) is 45.5. The summed E-state index contributed by atoms with van der Waals surface area (Å²) in [7, 11) is 0. The van der Waals surface area contributed by atoms with E-state index in [1.165, 1.54) is 12.1 Å². The fourth-order valence-corrected chi connectivity index (χ4v) is 8.91. The average Bonchev–Trinajstić information content (AvgIpc) is 3.43. The Bertz CT molecular complexity index is 2750. The topological polar surface area (TPSA) is 394 Å². The highest BCUT2D eigenvalue weighted by Gasteiger charge is 2.38. The van der Waals surface area contributed by atoms with Crippen LogP contribution in [-0.4, -0.2) is 148 Å². The maximum atomic E-state index is 14.2. The summed E-state index contributed by atoms with van der Waals surface area (Å²) in [4.78, 5) is 123. The summed E-state index contributed by atoms with van der Waals surface area (Å²) in [5.74, 6) is -7.65. The first kappa shape index (κ1) is 66.2. The second-order valence-electron chi connectivity index (χ2n) is 20.1. The number of aromatic hydroxyl groups is 1. The van der Waals surface area contributed by atoms with Gasteiger partial charge in [-0.3, -0.25) is 43.2 Å². The lowest BCUT2D eigenvalue weighted by molar-refractivity contribution is -0.135.